The van der Waals surface area contributed by atoms with Crippen molar-refractivity contribution in [2.75, 3.05) is 0 Å². The number of nitrogens with zero attached hydrogens (tertiary/aromatic N) is 1. The maximum absolute atomic E-state index is 13.0. The number of rotatable bonds is 2. The number of isocyanates is 1. The van der Waals surface area contributed by atoms with Crippen molar-refractivity contribution >= 4 is 33.6 Å². The van der Waals surface area contributed by atoms with Crippen molar-refractivity contribution in [2.24, 2.45) is 4.99 Å². The lowest BCUT2D eigenvalue weighted by Gasteiger charge is -2.00. The van der Waals surface area contributed by atoms with Gasteiger partial charge in [0.2, 0.25) is 6.08 Å². The number of halogens is 3. The van der Waals surface area contributed by atoms with Crippen LogP contribution < -0.4 is 0 Å². The quantitative estimate of drug-likeness (QED) is 0.458. The Kier molecular flexibility index (Phi) is 3.60. The maximum Gasteiger partial charge on any atom is 0.235 e. The number of aliphatic imine (C=N–C) groups is 1. The molecule has 0 unspecified atom stereocenters. The lowest BCUT2D eigenvalue weighted by atomic mass is 10.2. The molecule has 13 heavy (non-hydrogen) atoms. The van der Waals surface area contributed by atoms with Gasteiger partial charge in [-0.2, -0.15) is 0 Å². The minimum absolute atomic E-state index is 0.0267. The monoisotopic (exact) mass is 263 g/mol. The van der Waals surface area contributed by atoms with E-state index in [1.807, 2.05) is 0 Å². The van der Waals surface area contributed by atoms with E-state index in [0.29, 0.717) is 10.0 Å². The molecule has 1 aromatic rings. The van der Waals surface area contributed by atoms with Crippen molar-refractivity contribution in [3.63, 3.8) is 0 Å². The van der Waals surface area contributed by atoms with E-state index >= 15 is 0 Å². The van der Waals surface area contributed by atoms with Crippen LogP contribution in [0.25, 0.3) is 0 Å². The Morgan fingerprint density at radius 3 is 2.85 bits per heavy atom. The second-order valence-electron chi connectivity index (χ2n) is 2.28. The molecule has 0 radical (unpaired) electrons. The zero-order chi connectivity index (χ0) is 9.84. The van der Waals surface area contributed by atoms with Gasteiger partial charge in [0.1, 0.15) is 5.82 Å². The summed E-state index contributed by atoms with van der Waals surface area (Å²) in [6.07, 6.45) is 1.37. The van der Waals surface area contributed by atoms with Crippen molar-refractivity contribution in [2.45, 2.75) is 6.54 Å². The molecule has 1 rings (SSSR count). The zero-order valence-corrected chi connectivity index (χ0v) is 8.69. The van der Waals surface area contributed by atoms with E-state index in [0.717, 1.165) is 0 Å². The van der Waals surface area contributed by atoms with Crippen LogP contribution in [0.1, 0.15) is 5.56 Å². The molecule has 0 saturated heterocycles. The van der Waals surface area contributed by atoms with E-state index in [-0.39, 0.29) is 11.6 Å². The third kappa shape index (κ3) is 2.62. The first kappa shape index (κ1) is 10.4. The van der Waals surface area contributed by atoms with Crippen LogP contribution in [0.15, 0.2) is 21.6 Å². The van der Waals surface area contributed by atoms with Gasteiger partial charge in [-0.05, 0) is 33.6 Å². The smallest absolute Gasteiger partial charge is 0.211 e. The first-order valence-corrected chi connectivity index (χ1v) is 4.49. The summed E-state index contributed by atoms with van der Waals surface area (Å²) in [7, 11) is 0. The first-order valence-electron chi connectivity index (χ1n) is 3.32. The first-order chi connectivity index (χ1) is 6.15. The molecule has 0 spiro atoms. The topological polar surface area (TPSA) is 29.4 Å². The van der Waals surface area contributed by atoms with E-state index in [1.54, 1.807) is 6.07 Å². The minimum atomic E-state index is -0.535. The molecule has 0 heterocycles. The number of carbonyl (C=O) groups excluding carboxylic acids is 1. The average molecular weight is 264 g/mol. The largest absolute Gasteiger partial charge is 0.235 e. The summed E-state index contributed by atoms with van der Waals surface area (Å²) in [6.45, 7) is 0.107. The Labute approximate surface area is 87.6 Å². The average Bonchev–Trinajstić information content (AvgIpc) is 2.10. The highest BCUT2D eigenvalue weighted by atomic mass is 79.9. The Bertz CT molecular complexity index is 353. The van der Waals surface area contributed by atoms with Crippen LogP contribution in [-0.2, 0) is 11.3 Å². The molecule has 0 aliphatic heterocycles. The van der Waals surface area contributed by atoms with Crippen LogP contribution in [0.2, 0.25) is 5.02 Å². The summed E-state index contributed by atoms with van der Waals surface area (Å²) in [6, 6.07) is 2.83. The van der Waals surface area contributed by atoms with Crippen LogP contribution in [0.3, 0.4) is 0 Å². The Balaban J connectivity index is 3.05. The van der Waals surface area contributed by atoms with E-state index in [2.05, 4.69) is 20.9 Å². The van der Waals surface area contributed by atoms with Crippen molar-refractivity contribution in [1.82, 2.24) is 0 Å². The maximum atomic E-state index is 13.0. The molecular formula is C8H4BrClFNO. The summed E-state index contributed by atoms with van der Waals surface area (Å²) in [5.74, 6) is -0.535. The molecule has 0 saturated carbocycles. The third-order valence-corrected chi connectivity index (χ3v) is 2.61. The van der Waals surface area contributed by atoms with Crippen molar-refractivity contribution in [3.8, 4) is 0 Å². The van der Waals surface area contributed by atoms with Gasteiger partial charge in [-0.25, -0.2) is 14.2 Å². The van der Waals surface area contributed by atoms with Crippen molar-refractivity contribution < 1.29 is 9.18 Å². The van der Waals surface area contributed by atoms with Gasteiger partial charge in [0.15, 0.2) is 0 Å². The lowest BCUT2D eigenvalue weighted by molar-refractivity contribution is 0.562. The minimum Gasteiger partial charge on any atom is -0.211 e. The summed E-state index contributed by atoms with van der Waals surface area (Å²) in [4.78, 5) is 13.1. The summed E-state index contributed by atoms with van der Waals surface area (Å²) >= 11 is 8.63. The molecular weight excluding hydrogens is 260 g/mol. The summed E-state index contributed by atoms with van der Waals surface area (Å²) < 4.78 is 13.4. The van der Waals surface area contributed by atoms with Gasteiger partial charge in [-0.15, -0.1) is 0 Å². The molecule has 0 fully saturated rings. The van der Waals surface area contributed by atoms with Gasteiger partial charge in [-0.1, -0.05) is 11.6 Å². The fourth-order valence-electron chi connectivity index (χ4n) is 0.823. The van der Waals surface area contributed by atoms with Crippen molar-refractivity contribution in [3.05, 3.63) is 33.0 Å². The Morgan fingerprint density at radius 1 is 1.62 bits per heavy atom. The van der Waals surface area contributed by atoms with Gasteiger partial charge in [-0.3, -0.25) is 0 Å². The number of hydrogen-bond donors (Lipinski definition) is 0. The Morgan fingerprint density at radius 2 is 2.31 bits per heavy atom. The second-order valence-corrected chi connectivity index (χ2v) is 3.51. The molecule has 68 valence electrons. The summed E-state index contributed by atoms with van der Waals surface area (Å²) in [5, 5.41) is 0.0267. The van der Waals surface area contributed by atoms with Gasteiger partial charge in [0, 0.05) is 4.47 Å². The standard InChI is InChI=1S/C8H4BrClFNO/c9-6-1-5(3-12-4-13)2-7(11)8(6)10/h1-2H,3H2. The molecule has 1 aromatic carbocycles. The zero-order valence-electron chi connectivity index (χ0n) is 6.35. The van der Waals surface area contributed by atoms with Crippen LogP contribution in [0.4, 0.5) is 4.39 Å². The van der Waals surface area contributed by atoms with Gasteiger partial charge in [0.05, 0.1) is 11.6 Å². The fraction of sp³-hybridized carbons (Fsp3) is 0.125. The third-order valence-electron chi connectivity index (χ3n) is 1.37. The van der Waals surface area contributed by atoms with Crippen LogP contribution in [0, 0.1) is 5.82 Å². The molecule has 0 N–H and O–H groups in total. The van der Waals surface area contributed by atoms with Crippen LogP contribution in [-0.4, -0.2) is 6.08 Å². The van der Waals surface area contributed by atoms with E-state index in [9.17, 15) is 9.18 Å². The predicted molar refractivity (Wildman–Crippen MR) is 50.9 cm³/mol. The highest BCUT2D eigenvalue weighted by Gasteiger charge is 2.05. The van der Waals surface area contributed by atoms with Crippen LogP contribution in [0.5, 0.6) is 0 Å². The highest BCUT2D eigenvalue weighted by Crippen LogP contribution is 2.26. The second kappa shape index (κ2) is 4.51. The van der Waals surface area contributed by atoms with E-state index in [1.165, 1.54) is 12.1 Å². The molecule has 0 amide bonds. The SMILES string of the molecule is O=C=NCc1cc(F)c(Cl)c(Br)c1. The molecule has 2 nitrogen and oxygen atoms in total. The van der Waals surface area contributed by atoms with Gasteiger partial charge in [0.25, 0.3) is 0 Å². The molecule has 0 aliphatic carbocycles. The predicted octanol–water partition coefficient (Wildman–Crippen LogP) is 3.08. The molecule has 0 aliphatic rings. The lowest BCUT2D eigenvalue weighted by Crippen LogP contribution is -1.86. The normalized spacial score (nSPS) is 9.46. The fourth-order valence-corrected chi connectivity index (χ4v) is 1.42. The number of benzene rings is 1. The van der Waals surface area contributed by atoms with E-state index in [4.69, 9.17) is 11.6 Å². The van der Waals surface area contributed by atoms with Gasteiger partial charge < -0.3 is 0 Å². The number of hydrogen-bond acceptors (Lipinski definition) is 2. The van der Waals surface area contributed by atoms with Crippen molar-refractivity contribution in [1.29, 1.82) is 0 Å². The molecule has 0 atom stereocenters. The molecule has 0 aromatic heterocycles. The highest BCUT2D eigenvalue weighted by molar-refractivity contribution is 9.10. The van der Waals surface area contributed by atoms with Crippen LogP contribution >= 0.6 is 27.5 Å². The molecule has 0 bridgehead atoms. The molecule has 5 heteroatoms. The van der Waals surface area contributed by atoms with Gasteiger partial charge >= 0.3 is 0 Å². The summed E-state index contributed by atoms with van der Waals surface area (Å²) in [5.41, 5.74) is 0.567. The Hall–Kier alpha value is -0.700. The van der Waals surface area contributed by atoms with E-state index < -0.39 is 5.82 Å².